The number of alkyl halides is 2. The number of ether oxygens (including phenoxy) is 6. The van der Waals surface area contributed by atoms with Gasteiger partial charge >= 0.3 is 12.3 Å². The lowest BCUT2D eigenvalue weighted by Gasteiger charge is -2.30. The van der Waals surface area contributed by atoms with E-state index in [1.165, 1.54) is 12.2 Å². The fraction of sp³-hybridized carbons (Fsp3) is 0.333. The molecule has 0 aromatic heterocycles. The van der Waals surface area contributed by atoms with E-state index < -0.39 is 28.1 Å². The van der Waals surface area contributed by atoms with E-state index in [1.54, 1.807) is 19.9 Å². The highest BCUT2D eigenvalue weighted by molar-refractivity contribution is 9.25. The Morgan fingerprint density at radius 2 is 1.56 bits per heavy atom. The average Bonchev–Trinajstić information content (AvgIpc) is 2.79. The molecule has 0 aliphatic heterocycles. The van der Waals surface area contributed by atoms with Crippen LogP contribution in [0.15, 0.2) is 64.3 Å². The van der Waals surface area contributed by atoms with E-state index >= 15 is 0 Å². The molecule has 2 unspecified atom stereocenters. The van der Waals surface area contributed by atoms with Crippen molar-refractivity contribution in [3.8, 4) is 5.75 Å². The lowest BCUT2D eigenvalue weighted by molar-refractivity contribution is -0.0845. The van der Waals surface area contributed by atoms with Gasteiger partial charge in [-0.3, -0.25) is 0 Å². The van der Waals surface area contributed by atoms with Gasteiger partial charge in [0.25, 0.3) is 0 Å². The molecule has 0 spiro atoms. The molecule has 1 aliphatic rings. The van der Waals surface area contributed by atoms with Gasteiger partial charge in [0.15, 0.2) is 3.23 Å². The minimum absolute atomic E-state index is 0.0401. The maximum Gasteiger partial charge on any atom is 0.511 e. The van der Waals surface area contributed by atoms with E-state index in [0.717, 1.165) is 15.6 Å². The van der Waals surface area contributed by atoms with Crippen LogP contribution in [0.1, 0.15) is 25.8 Å². The van der Waals surface area contributed by atoms with Crippen molar-refractivity contribution in [3.63, 3.8) is 0 Å². The molecule has 0 amide bonds. The summed E-state index contributed by atoms with van der Waals surface area (Å²) in [4.78, 5) is 23.2. The number of carbonyl (C=O) groups excluding carboxylic acids is 2. The van der Waals surface area contributed by atoms with Crippen LogP contribution in [-0.2, 0) is 23.7 Å². The Labute approximate surface area is 243 Å². The van der Waals surface area contributed by atoms with Crippen molar-refractivity contribution in [2.24, 2.45) is 0 Å². The molecule has 1 aliphatic carbocycles. The van der Waals surface area contributed by atoms with Gasteiger partial charge in [-0.1, -0.05) is 79.2 Å². The van der Waals surface area contributed by atoms with Crippen LogP contribution >= 0.6 is 63.7 Å². The Hall–Kier alpha value is -1.76. The Bertz CT molecular complexity index is 1050. The maximum absolute atomic E-state index is 11.7. The predicted octanol–water partition coefficient (Wildman–Crippen LogP) is 8.09. The van der Waals surface area contributed by atoms with Crippen molar-refractivity contribution in [3.05, 3.63) is 69.9 Å². The average molecular weight is 760 g/mol. The number of benzene rings is 1. The first kappa shape index (κ1) is 30.5. The zero-order valence-corrected chi connectivity index (χ0v) is 25.8. The second-order valence-corrected chi connectivity index (χ2v) is 12.5. The molecular formula is C24H24Br4O8. The molecule has 0 N–H and O–H groups in total. The van der Waals surface area contributed by atoms with Gasteiger partial charge in [-0.25, -0.2) is 9.59 Å². The van der Waals surface area contributed by atoms with E-state index in [1.807, 2.05) is 18.2 Å². The van der Waals surface area contributed by atoms with E-state index in [9.17, 15) is 9.59 Å². The van der Waals surface area contributed by atoms with Crippen LogP contribution in [0.2, 0.25) is 0 Å². The van der Waals surface area contributed by atoms with Gasteiger partial charge < -0.3 is 28.4 Å². The summed E-state index contributed by atoms with van der Waals surface area (Å²) in [6.07, 6.45) is 1.83. The number of hydrogen-bond acceptors (Lipinski definition) is 8. The first-order valence-electron chi connectivity index (χ1n) is 10.5. The molecule has 0 fully saturated rings. The Morgan fingerprint density at radius 3 is 2.06 bits per heavy atom. The molecule has 0 saturated heterocycles. The van der Waals surface area contributed by atoms with Gasteiger partial charge in [0.05, 0.1) is 4.47 Å². The summed E-state index contributed by atoms with van der Waals surface area (Å²) >= 11 is 14.3. The normalized spacial score (nSPS) is 16.1. The summed E-state index contributed by atoms with van der Waals surface area (Å²) in [7, 11) is 0. The minimum Gasteiger partial charge on any atom is -0.456 e. The SMILES string of the molecule is C=CCOC(=O)OC(C)OC1=C(Br)CC(c2ccc(OC(C)OC(=O)OCC=C)c(Br)c2)=CC1(Br)Br. The number of rotatable bonds is 11. The summed E-state index contributed by atoms with van der Waals surface area (Å²) in [5, 5.41) is 0. The van der Waals surface area contributed by atoms with Crippen LogP contribution in [-0.4, -0.2) is 41.3 Å². The van der Waals surface area contributed by atoms with E-state index in [2.05, 4.69) is 76.9 Å². The van der Waals surface area contributed by atoms with Crippen molar-refractivity contribution >= 4 is 81.6 Å². The number of halogens is 4. The summed E-state index contributed by atoms with van der Waals surface area (Å²) in [5.41, 5.74) is 1.87. The lowest BCUT2D eigenvalue weighted by Crippen LogP contribution is -2.26. The zero-order valence-electron chi connectivity index (χ0n) is 19.4. The summed E-state index contributed by atoms with van der Waals surface area (Å²) in [6, 6.07) is 5.51. The second-order valence-electron chi connectivity index (χ2n) is 7.15. The van der Waals surface area contributed by atoms with Gasteiger partial charge in [-0.05, 0) is 45.3 Å². The third-order valence-electron chi connectivity index (χ3n) is 4.29. The molecule has 36 heavy (non-hydrogen) atoms. The molecule has 1 aromatic carbocycles. The molecule has 0 radical (unpaired) electrons. The van der Waals surface area contributed by atoms with E-state index in [4.69, 9.17) is 28.4 Å². The van der Waals surface area contributed by atoms with Gasteiger partial charge in [0.1, 0.15) is 24.7 Å². The monoisotopic (exact) mass is 756 g/mol. The molecule has 8 nitrogen and oxygen atoms in total. The van der Waals surface area contributed by atoms with Crippen molar-refractivity contribution in [2.45, 2.75) is 36.1 Å². The summed E-state index contributed by atoms with van der Waals surface area (Å²) in [5.74, 6) is 0.972. The smallest absolute Gasteiger partial charge is 0.456 e. The van der Waals surface area contributed by atoms with Gasteiger partial charge in [-0.15, -0.1) is 0 Å². The van der Waals surface area contributed by atoms with Crippen molar-refractivity contribution in [2.75, 3.05) is 13.2 Å². The molecule has 1 aromatic rings. The highest BCUT2D eigenvalue weighted by atomic mass is 79.9. The maximum atomic E-state index is 11.7. The molecule has 0 saturated carbocycles. The molecule has 12 heteroatoms. The Morgan fingerprint density at radius 1 is 1.00 bits per heavy atom. The minimum atomic E-state index is -0.905. The molecule has 0 heterocycles. The lowest BCUT2D eigenvalue weighted by atomic mass is 9.97. The van der Waals surface area contributed by atoms with Crippen LogP contribution in [0.3, 0.4) is 0 Å². The first-order valence-corrected chi connectivity index (χ1v) is 13.6. The van der Waals surface area contributed by atoms with Crippen molar-refractivity contribution in [1.29, 1.82) is 0 Å². The first-order chi connectivity index (χ1) is 17.0. The number of hydrogen-bond donors (Lipinski definition) is 0. The fourth-order valence-corrected chi connectivity index (χ4v) is 5.80. The van der Waals surface area contributed by atoms with Crippen LogP contribution in [0, 0.1) is 0 Å². The van der Waals surface area contributed by atoms with E-state index in [-0.39, 0.29) is 13.2 Å². The van der Waals surface area contributed by atoms with Gasteiger partial charge in [-0.2, -0.15) is 0 Å². The topological polar surface area (TPSA) is 89.5 Å². The summed E-state index contributed by atoms with van der Waals surface area (Å²) in [6.45, 7) is 10.2. The van der Waals surface area contributed by atoms with Crippen LogP contribution in [0.25, 0.3) is 5.57 Å². The van der Waals surface area contributed by atoms with Crippen LogP contribution in [0.4, 0.5) is 9.59 Å². The molecule has 2 atom stereocenters. The molecule has 2 rings (SSSR count). The number of allylic oxidation sites excluding steroid dienone is 3. The van der Waals surface area contributed by atoms with Gasteiger partial charge in [0.2, 0.25) is 12.6 Å². The molecular weight excluding hydrogens is 736 g/mol. The predicted molar refractivity (Wildman–Crippen MR) is 149 cm³/mol. The quantitative estimate of drug-likeness (QED) is 0.0969. The van der Waals surface area contributed by atoms with Crippen molar-refractivity contribution < 1.29 is 38.0 Å². The van der Waals surface area contributed by atoms with Crippen molar-refractivity contribution in [1.82, 2.24) is 0 Å². The highest BCUT2D eigenvalue weighted by Crippen LogP contribution is 2.48. The zero-order chi connectivity index (χ0) is 26.9. The Kier molecular flexibility index (Phi) is 12.1. The Balaban J connectivity index is 2.08. The second kappa shape index (κ2) is 14.3. The third-order valence-corrected chi connectivity index (χ3v) is 6.73. The highest BCUT2D eigenvalue weighted by Gasteiger charge is 2.36. The summed E-state index contributed by atoms with van der Waals surface area (Å²) < 4.78 is 31.8. The standard InChI is InChI=1S/C24H24Br4O8/c1-5-9-31-22(29)35-14(3)33-20-8-7-16(11-18(20)25)17-12-19(26)21(24(27,28)13-17)34-15(4)36-23(30)32-10-6-2/h5-8,11,13-15H,1-2,9-10,12H2,3-4H3. The molecule has 196 valence electrons. The largest absolute Gasteiger partial charge is 0.511 e. The van der Waals surface area contributed by atoms with Crippen LogP contribution in [0.5, 0.6) is 5.75 Å². The van der Waals surface area contributed by atoms with E-state index in [0.29, 0.717) is 22.4 Å². The van der Waals surface area contributed by atoms with Gasteiger partial charge in [0, 0.05) is 24.8 Å². The molecule has 0 bridgehead atoms. The number of carbonyl (C=O) groups is 2. The van der Waals surface area contributed by atoms with Crippen LogP contribution < -0.4 is 4.74 Å². The third kappa shape index (κ3) is 9.28. The fourth-order valence-electron chi connectivity index (χ4n) is 2.87.